The first-order chi connectivity index (χ1) is 40.5. The van der Waals surface area contributed by atoms with Crippen molar-refractivity contribution < 1.29 is 28.6 Å². The van der Waals surface area contributed by atoms with Gasteiger partial charge in [-0.1, -0.05) is 108 Å². The summed E-state index contributed by atoms with van der Waals surface area (Å²) in [6.45, 7) is 13.2. The lowest BCUT2D eigenvalue weighted by Crippen LogP contribution is -2.40. The Hall–Kier alpha value is -6.99. The zero-order chi connectivity index (χ0) is 58.0. The van der Waals surface area contributed by atoms with E-state index in [1.165, 1.54) is 50.1 Å². The number of pyridine rings is 3. The standard InChI is InChI=1S/C24H27ClN2O2.2C22H23ClN2O2/c1-3-16-14-20-19(15-21(16)25)8-7-18-6-5-11-26-23(18)22(20)17-9-12-27(13-10-17)24(28)29-4-2;2*1-2-27-22(26)25-12-9-15(10-13-25)20-19-8-7-18(23)14-17(19)6-5-16-4-3-11-24-21(16)20/h5-8,11,14-15,17,22H,3-4,9-10,12-13H2,1-2H3;3-4,7-8,11,14H,2,5-6,9-10,12-13H2,1H3;3-8,11,14-15,20H,2,9-10,12-13H2,1H3. The maximum absolute atomic E-state index is 12.1. The SMILES string of the molecule is CCOC(=O)N1CCC(=C2c3ccc(Cl)cc3CCc3cccnc32)CC1.CCOC(=O)N1CCC(C2c3cc(CC)c(Cl)cc3C=Cc3cccnc32)CC1.CCOC(=O)N1CCC(C2c3ccc(Cl)cc3C=Cc3cccnc32)CC1. The van der Waals surface area contributed by atoms with Crippen molar-refractivity contribution in [1.82, 2.24) is 29.7 Å². The average Bonchev–Trinajstić information content (AvgIpc) is 4.07. The van der Waals surface area contributed by atoms with E-state index in [0.717, 1.165) is 133 Å². The van der Waals surface area contributed by atoms with Crippen molar-refractivity contribution in [1.29, 1.82) is 0 Å². The van der Waals surface area contributed by atoms with Crippen molar-refractivity contribution in [2.24, 2.45) is 11.8 Å². The van der Waals surface area contributed by atoms with E-state index in [9.17, 15) is 14.4 Å². The third-order valence-corrected chi connectivity index (χ3v) is 17.8. The Morgan fingerprint density at radius 2 is 0.988 bits per heavy atom. The van der Waals surface area contributed by atoms with Crippen LogP contribution in [0, 0.1) is 11.8 Å². The van der Waals surface area contributed by atoms with E-state index < -0.39 is 0 Å². The molecular weight excluding hydrogens is 1100 g/mol. The van der Waals surface area contributed by atoms with Crippen LogP contribution in [0.5, 0.6) is 0 Å². The van der Waals surface area contributed by atoms with Gasteiger partial charge in [0.25, 0.3) is 0 Å². The molecule has 0 saturated carbocycles. The van der Waals surface area contributed by atoms with E-state index in [2.05, 4.69) is 79.8 Å². The zero-order valence-electron chi connectivity index (χ0n) is 47.9. The number of carbonyl (C=O) groups is 3. The van der Waals surface area contributed by atoms with Crippen molar-refractivity contribution in [3.63, 3.8) is 0 Å². The highest BCUT2D eigenvalue weighted by Gasteiger charge is 2.37. The molecular formula is C68H73Cl3N6O6. The summed E-state index contributed by atoms with van der Waals surface area (Å²) in [5.41, 5.74) is 18.1. The molecule has 3 aromatic carbocycles. The first-order valence-electron chi connectivity index (χ1n) is 29.5. The number of aryl methyl sites for hydroxylation is 3. The summed E-state index contributed by atoms with van der Waals surface area (Å²) in [6.07, 6.45) is 21.8. The summed E-state index contributed by atoms with van der Waals surface area (Å²) in [5.74, 6) is 1.24. The number of halogens is 3. The maximum Gasteiger partial charge on any atom is 0.409 e. The van der Waals surface area contributed by atoms with E-state index in [1.54, 1.807) is 4.90 Å². The Bertz CT molecular complexity index is 3410. The topological polar surface area (TPSA) is 127 Å². The molecule has 3 aliphatic heterocycles. The molecule has 3 fully saturated rings. The molecule has 15 heteroatoms. The smallest absolute Gasteiger partial charge is 0.409 e. The summed E-state index contributed by atoms with van der Waals surface area (Å²) in [5, 5.41) is 2.34. The monoisotopic (exact) mass is 1170 g/mol. The van der Waals surface area contributed by atoms with Crippen LogP contribution in [0.4, 0.5) is 14.4 Å². The number of hydrogen-bond donors (Lipinski definition) is 0. The van der Waals surface area contributed by atoms with Crippen LogP contribution in [-0.2, 0) is 33.5 Å². The summed E-state index contributed by atoms with van der Waals surface area (Å²) in [6, 6.07) is 29.1. The van der Waals surface area contributed by atoms with Crippen LogP contribution in [0.1, 0.15) is 151 Å². The van der Waals surface area contributed by atoms with Crippen LogP contribution in [0.15, 0.2) is 109 Å². The van der Waals surface area contributed by atoms with Crippen LogP contribution in [0.3, 0.4) is 0 Å². The van der Waals surface area contributed by atoms with Crippen molar-refractivity contribution >= 4 is 83.0 Å². The number of carbonyl (C=O) groups excluding carboxylic acids is 3. The van der Waals surface area contributed by atoms with Gasteiger partial charge in [-0.3, -0.25) is 15.0 Å². The summed E-state index contributed by atoms with van der Waals surface area (Å²) < 4.78 is 15.5. The number of fused-ring (bicyclic) bond motifs is 6. The number of rotatable bonds is 6. The van der Waals surface area contributed by atoms with E-state index in [0.29, 0.717) is 44.7 Å². The molecule has 83 heavy (non-hydrogen) atoms. The fourth-order valence-corrected chi connectivity index (χ4v) is 13.6. The predicted molar refractivity (Wildman–Crippen MR) is 332 cm³/mol. The molecule has 0 radical (unpaired) electrons. The first-order valence-corrected chi connectivity index (χ1v) is 30.7. The maximum atomic E-state index is 12.1. The van der Waals surface area contributed by atoms with Crippen molar-refractivity contribution in [3.05, 3.63) is 197 Å². The van der Waals surface area contributed by atoms with Crippen LogP contribution in [0.25, 0.3) is 29.9 Å². The van der Waals surface area contributed by atoms with E-state index in [-0.39, 0.29) is 30.1 Å². The van der Waals surface area contributed by atoms with Gasteiger partial charge in [0, 0.05) is 90.3 Å². The third kappa shape index (κ3) is 13.5. The molecule has 3 aliphatic carbocycles. The lowest BCUT2D eigenvalue weighted by molar-refractivity contribution is 0.0893. The summed E-state index contributed by atoms with van der Waals surface area (Å²) >= 11 is 19.1. The Kier molecular flexibility index (Phi) is 19.7. The molecule has 2 unspecified atom stereocenters. The fraction of sp³-hybridized carbons (Fsp3) is 0.382. The molecule has 3 amide bonds. The van der Waals surface area contributed by atoms with Gasteiger partial charge in [-0.2, -0.15) is 0 Å². The number of amides is 3. The zero-order valence-corrected chi connectivity index (χ0v) is 50.2. The molecule has 3 saturated heterocycles. The molecule has 12 rings (SSSR count). The van der Waals surface area contributed by atoms with Crippen molar-refractivity contribution in [2.45, 2.75) is 97.3 Å². The highest BCUT2D eigenvalue weighted by molar-refractivity contribution is 6.31. The lowest BCUT2D eigenvalue weighted by Gasteiger charge is -2.36. The summed E-state index contributed by atoms with van der Waals surface area (Å²) in [7, 11) is 0. The average molecular weight is 1180 g/mol. The van der Waals surface area contributed by atoms with Crippen LogP contribution < -0.4 is 0 Å². The Balaban J connectivity index is 0.000000139. The molecule has 6 aromatic rings. The van der Waals surface area contributed by atoms with Gasteiger partial charge in [-0.15, -0.1) is 0 Å². The van der Waals surface area contributed by atoms with E-state index in [1.807, 2.05) is 85.6 Å². The van der Waals surface area contributed by atoms with Gasteiger partial charge in [0.05, 0.1) is 36.9 Å². The molecule has 2 atom stereocenters. The minimum absolute atomic E-state index is 0.197. The second-order valence-corrected chi connectivity index (χ2v) is 23.1. The number of nitrogens with zero attached hydrogens (tertiary/aromatic N) is 6. The first kappa shape index (κ1) is 59.2. The molecule has 0 N–H and O–H groups in total. The number of likely N-dealkylation sites (tertiary alicyclic amines) is 3. The molecule has 0 bridgehead atoms. The largest absolute Gasteiger partial charge is 0.450 e. The second kappa shape index (κ2) is 27.6. The molecule has 12 nitrogen and oxygen atoms in total. The van der Waals surface area contributed by atoms with Crippen molar-refractivity contribution in [3.8, 4) is 0 Å². The van der Waals surface area contributed by atoms with Crippen molar-refractivity contribution in [2.75, 3.05) is 59.1 Å². The quantitative estimate of drug-likeness (QED) is 0.150. The van der Waals surface area contributed by atoms with Gasteiger partial charge in [-0.05, 0) is 195 Å². The van der Waals surface area contributed by atoms with Crippen LogP contribution >= 0.6 is 34.8 Å². The van der Waals surface area contributed by atoms with Crippen LogP contribution in [0.2, 0.25) is 15.1 Å². The highest BCUT2D eigenvalue weighted by Crippen LogP contribution is 2.46. The highest BCUT2D eigenvalue weighted by atomic mass is 35.5. The summed E-state index contributed by atoms with van der Waals surface area (Å²) in [4.78, 5) is 55.9. The second-order valence-electron chi connectivity index (χ2n) is 21.8. The Morgan fingerprint density at radius 3 is 1.55 bits per heavy atom. The lowest BCUT2D eigenvalue weighted by atomic mass is 9.76. The number of aromatic nitrogens is 3. The molecule has 6 aliphatic rings. The van der Waals surface area contributed by atoms with Gasteiger partial charge >= 0.3 is 18.3 Å². The fourth-order valence-electron chi connectivity index (χ4n) is 12.9. The van der Waals surface area contributed by atoms with Gasteiger partial charge in [0.15, 0.2) is 0 Å². The van der Waals surface area contributed by atoms with Gasteiger partial charge in [0.2, 0.25) is 0 Å². The number of piperidine rings is 3. The molecule has 432 valence electrons. The Labute approximate surface area is 503 Å². The van der Waals surface area contributed by atoms with Crippen LogP contribution in [-0.4, -0.2) is 107 Å². The van der Waals surface area contributed by atoms with Gasteiger partial charge in [0.1, 0.15) is 0 Å². The predicted octanol–water partition coefficient (Wildman–Crippen LogP) is 15.9. The van der Waals surface area contributed by atoms with Gasteiger partial charge < -0.3 is 28.9 Å². The third-order valence-electron chi connectivity index (χ3n) is 17.0. The molecule has 6 heterocycles. The molecule has 0 spiro atoms. The number of ether oxygens (including phenoxy) is 3. The normalized spacial score (nSPS) is 18.1. The molecule has 3 aromatic heterocycles. The van der Waals surface area contributed by atoms with E-state index >= 15 is 0 Å². The number of benzene rings is 3. The minimum atomic E-state index is -0.215. The number of hydrogen-bond acceptors (Lipinski definition) is 9. The minimum Gasteiger partial charge on any atom is -0.450 e. The Morgan fingerprint density at radius 1 is 0.506 bits per heavy atom. The van der Waals surface area contributed by atoms with E-state index in [4.69, 9.17) is 64.0 Å². The van der Waals surface area contributed by atoms with Gasteiger partial charge in [-0.25, -0.2) is 14.4 Å².